The molecular weight excluding hydrogens is 1280 g/mol. The lowest BCUT2D eigenvalue weighted by molar-refractivity contribution is -0.385. The van der Waals surface area contributed by atoms with Crippen LogP contribution in [0.1, 0.15) is 108 Å². The van der Waals surface area contributed by atoms with Crippen molar-refractivity contribution in [3.05, 3.63) is 273 Å². The molecule has 1 saturated heterocycles. The van der Waals surface area contributed by atoms with E-state index in [0.29, 0.717) is 0 Å². The third-order valence-electron chi connectivity index (χ3n) is 15.8. The van der Waals surface area contributed by atoms with E-state index in [2.05, 4.69) is 16.0 Å². The average Bonchev–Trinajstić information content (AvgIpc) is 1.27. The lowest BCUT2D eigenvalue weighted by Gasteiger charge is -2.28. The Labute approximate surface area is 557 Å². The Hall–Kier alpha value is -13.1. The predicted molar refractivity (Wildman–Crippen MR) is 362 cm³/mol. The molecule has 6 amide bonds. The monoisotopic (exact) mass is 1340 g/mol. The fraction of sp³-hybridized carbons (Fsp3) is 0.194. The van der Waals surface area contributed by atoms with Gasteiger partial charge in [0.2, 0.25) is 0 Å². The number of benzene rings is 8. The molecule has 8 aromatic carbocycles. The summed E-state index contributed by atoms with van der Waals surface area (Å²) in [5.74, 6) is -4.36. The van der Waals surface area contributed by atoms with Gasteiger partial charge in [-0.1, -0.05) is 36.4 Å². The number of rotatable bonds is 18. The highest BCUT2D eigenvalue weighted by molar-refractivity contribution is 6.19. The predicted octanol–water partition coefficient (Wildman–Crippen LogP) is 13.1. The molecule has 0 bridgehead atoms. The van der Waals surface area contributed by atoms with Crippen molar-refractivity contribution in [1.82, 2.24) is 0 Å². The number of hydrogen-bond acceptors (Lipinski definition) is 19. The van der Waals surface area contributed by atoms with E-state index in [1.54, 1.807) is 0 Å². The molecule has 0 aliphatic carbocycles. The number of anilines is 6. The quantitative estimate of drug-likeness (QED) is 0.0530. The van der Waals surface area contributed by atoms with Crippen LogP contribution in [0.5, 0.6) is 0 Å². The maximum absolute atomic E-state index is 14.2. The number of carbonyl (C=O) groups excluding carboxylic acids is 6. The highest BCUT2D eigenvalue weighted by Crippen LogP contribution is 2.36. The summed E-state index contributed by atoms with van der Waals surface area (Å²) >= 11 is 0. The molecule has 31 heteroatoms. The molecule has 504 valence electrons. The van der Waals surface area contributed by atoms with E-state index in [0.717, 1.165) is 46.1 Å². The Morgan fingerprint density at radius 1 is 0.327 bits per heavy atom. The topological polar surface area (TPSA) is 416 Å². The minimum atomic E-state index is -0.778. The molecule has 0 radical (unpaired) electrons. The molecule has 0 atom stereocenters. The lowest BCUT2D eigenvalue weighted by Crippen LogP contribution is -2.34. The van der Waals surface area contributed by atoms with Gasteiger partial charge in [-0.15, -0.1) is 0 Å². The van der Waals surface area contributed by atoms with Crippen LogP contribution in [-0.2, 0) is 4.74 Å². The summed E-state index contributed by atoms with van der Waals surface area (Å²) in [7, 11) is 4.19. The van der Waals surface area contributed by atoms with Crippen molar-refractivity contribution in [2.45, 2.75) is 54.4 Å². The zero-order chi connectivity index (χ0) is 72.1. The fourth-order valence-corrected chi connectivity index (χ4v) is 10.9. The van der Waals surface area contributed by atoms with Gasteiger partial charge in [0, 0.05) is 158 Å². The Kier molecular flexibility index (Phi) is 23.1. The molecule has 9 rings (SSSR count). The molecule has 3 N–H and O–H groups in total. The standard InChI is InChI=1S/C33H30N6O9.C30H24N6O9.C4H8O/c1-19-28(31(40)34(4)22-10-7-13-25(16-22)37(43)44)20(2)30(33(42)36(6)24-12-9-15-27(18-24)39(47)48)21(3)29(19)32(41)35(5)23-11-8-14-26(17-23)38(45)46;1-16-25(28(37)31-19-7-4-10-22(13-19)34(40)41)17(2)27(30(39)33-21-9-6-12-24(15-21)36(44)45)18(3)26(16)29(38)32-20-8-5-11-23(14-20)35(42)43;1-2-4-5-3-1/h7-18H,1-6H3;4-15H,1-3H3,(H,31,37)(H,32,38)(H,33,39);1-4H2. The fourth-order valence-electron chi connectivity index (χ4n) is 10.9. The molecular formula is C67H62N12O19. The molecule has 1 heterocycles. The van der Waals surface area contributed by atoms with Crippen molar-refractivity contribution in [2.24, 2.45) is 0 Å². The molecule has 0 spiro atoms. The zero-order valence-corrected chi connectivity index (χ0v) is 54.0. The zero-order valence-electron chi connectivity index (χ0n) is 54.0. The first kappa shape index (κ1) is 72.4. The van der Waals surface area contributed by atoms with Crippen LogP contribution in [0.15, 0.2) is 146 Å². The molecule has 0 aromatic heterocycles. The minimum Gasteiger partial charge on any atom is -0.381 e. The Balaban J connectivity index is 0.000000257. The number of carbonyl (C=O) groups is 6. The van der Waals surface area contributed by atoms with Gasteiger partial charge in [0.05, 0.1) is 46.6 Å². The van der Waals surface area contributed by atoms with Gasteiger partial charge in [-0.3, -0.25) is 89.5 Å². The Morgan fingerprint density at radius 3 is 0.735 bits per heavy atom. The number of ether oxygens (including phenoxy) is 1. The molecule has 1 aliphatic rings. The van der Waals surface area contributed by atoms with E-state index in [-0.39, 0.29) is 135 Å². The van der Waals surface area contributed by atoms with Gasteiger partial charge < -0.3 is 35.4 Å². The summed E-state index contributed by atoms with van der Waals surface area (Å²) < 4.78 is 4.94. The normalized spacial score (nSPS) is 11.2. The van der Waals surface area contributed by atoms with E-state index < -0.39 is 65.0 Å². The van der Waals surface area contributed by atoms with E-state index in [1.165, 1.54) is 203 Å². The summed E-state index contributed by atoms with van der Waals surface area (Å²) in [5.41, 5.74) is -0.0926. The van der Waals surface area contributed by atoms with Crippen molar-refractivity contribution >= 4 is 104 Å². The van der Waals surface area contributed by atoms with Crippen LogP contribution >= 0.6 is 0 Å². The maximum atomic E-state index is 14.2. The first-order valence-corrected chi connectivity index (χ1v) is 29.4. The minimum absolute atomic E-state index is 0.0267. The molecule has 98 heavy (non-hydrogen) atoms. The van der Waals surface area contributed by atoms with Crippen molar-refractivity contribution in [3.8, 4) is 0 Å². The molecule has 31 nitrogen and oxygen atoms in total. The number of nitrogens with one attached hydrogen (secondary N) is 3. The summed E-state index contributed by atoms with van der Waals surface area (Å²) in [4.78, 5) is 151. The van der Waals surface area contributed by atoms with Crippen LogP contribution in [0.3, 0.4) is 0 Å². The number of nitro groups is 6. The van der Waals surface area contributed by atoms with Crippen LogP contribution in [-0.4, -0.2) is 99.3 Å². The van der Waals surface area contributed by atoms with Gasteiger partial charge >= 0.3 is 0 Å². The summed E-state index contributed by atoms with van der Waals surface area (Å²) in [5, 5.41) is 75.7. The summed E-state index contributed by atoms with van der Waals surface area (Å²) in [6.07, 6.45) is 2.56. The van der Waals surface area contributed by atoms with Crippen molar-refractivity contribution < 1.29 is 63.0 Å². The highest BCUT2D eigenvalue weighted by Gasteiger charge is 2.34. The van der Waals surface area contributed by atoms with Gasteiger partial charge in [0.15, 0.2) is 0 Å². The number of non-ortho nitro benzene ring substituents is 6. The smallest absolute Gasteiger partial charge is 0.271 e. The first-order chi connectivity index (χ1) is 46.3. The Morgan fingerprint density at radius 2 is 0.531 bits per heavy atom. The molecule has 0 saturated carbocycles. The van der Waals surface area contributed by atoms with E-state index >= 15 is 0 Å². The number of hydrogen-bond donors (Lipinski definition) is 3. The summed E-state index contributed by atoms with van der Waals surface area (Å²) in [6.45, 7) is 11.0. The third kappa shape index (κ3) is 16.5. The van der Waals surface area contributed by atoms with Crippen LogP contribution < -0.4 is 30.7 Å². The second kappa shape index (κ2) is 31.2. The number of amides is 6. The average molecular weight is 1340 g/mol. The largest absolute Gasteiger partial charge is 0.381 e. The third-order valence-corrected chi connectivity index (χ3v) is 15.8. The second-order valence-electron chi connectivity index (χ2n) is 22.0. The van der Waals surface area contributed by atoms with Crippen molar-refractivity contribution in [3.63, 3.8) is 0 Å². The number of nitrogens with zero attached hydrogens (tertiary/aromatic N) is 9. The summed E-state index contributed by atoms with van der Waals surface area (Å²) in [6, 6.07) is 31.7. The SMILES string of the molecule is C1CCOC1.Cc1c(C(=O)N(C)c2cccc([N+](=O)[O-])c2)c(C)c(C(=O)N(C)c2cccc([N+](=O)[O-])c2)c(C)c1C(=O)N(C)c1cccc([N+](=O)[O-])c1.Cc1c(C(=O)Nc2cccc([N+](=O)[O-])c2)c(C)c(C(=O)Nc2cccc([N+](=O)[O-])c2)c(C)c1C(=O)Nc1cccc([N+](=O)[O-])c1. The molecule has 8 aromatic rings. The van der Waals surface area contributed by atoms with Crippen LogP contribution in [0, 0.1) is 102 Å². The van der Waals surface area contributed by atoms with Gasteiger partial charge in [0.25, 0.3) is 69.6 Å². The van der Waals surface area contributed by atoms with E-state index in [4.69, 9.17) is 4.74 Å². The molecule has 1 fully saturated rings. The molecule has 1 aliphatic heterocycles. The van der Waals surface area contributed by atoms with Crippen LogP contribution in [0.25, 0.3) is 0 Å². The lowest BCUT2D eigenvalue weighted by atomic mass is 9.86. The van der Waals surface area contributed by atoms with Crippen molar-refractivity contribution in [1.29, 1.82) is 0 Å². The van der Waals surface area contributed by atoms with E-state index in [9.17, 15) is 89.5 Å². The van der Waals surface area contributed by atoms with Crippen LogP contribution in [0.2, 0.25) is 0 Å². The maximum Gasteiger partial charge on any atom is 0.271 e. The van der Waals surface area contributed by atoms with Gasteiger partial charge in [-0.25, -0.2) is 0 Å². The van der Waals surface area contributed by atoms with Gasteiger partial charge in [-0.05, 0) is 124 Å². The first-order valence-electron chi connectivity index (χ1n) is 29.4. The van der Waals surface area contributed by atoms with Crippen LogP contribution in [0.4, 0.5) is 68.2 Å². The Bertz CT molecular complexity index is 4110. The second-order valence-corrected chi connectivity index (χ2v) is 22.0. The molecule has 0 unspecified atom stereocenters. The highest BCUT2D eigenvalue weighted by atomic mass is 16.6. The van der Waals surface area contributed by atoms with Gasteiger partial charge in [-0.2, -0.15) is 0 Å². The van der Waals surface area contributed by atoms with Gasteiger partial charge in [0.1, 0.15) is 0 Å². The van der Waals surface area contributed by atoms with Crippen molar-refractivity contribution in [2.75, 3.05) is 65.0 Å². The number of nitro benzene ring substituents is 6. The van der Waals surface area contributed by atoms with E-state index in [1.807, 2.05) is 0 Å².